The van der Waals surface area contributed by atoms with E-state index in [-0.39, 0.29) is 5.75 Å². The summed E-state index contributed by atoms with van der Waals surface area (Å²) in [6.45, 7) is 0. The molecule has 0 aliphatic carbocycles. The van der Waals surface area contributed by atoms with Crippen LogP contribution < -0.4 is 9.47 Å². The molecule has 0 aliphatic heterocycles. The summed E-state index contributed by atoms with van der Waals surface area (Å²) >= 11 is 1.38. The first-order valence-electron chi connectivity index (χ1n) is 5.75. The van der Waals surface area contributed by atoms with Gasteiger partial charge in [-0.3, -0.25) is 0 Å². The van der Waals surface area contributed by atoms with Gasteiger partial charge in [-0.1, -0.05) is 35.6 Å². The Balaban J connectivity index is 1.92. The molecule has 0 radical (unpaired) electrons. The van der Waals surface area contributed by atoms with E-state index in [9.17, 15) is 4.79 Å². The minimum absolute atomic E-state index is 0.138. The second kappa shape index (κ2) is 5.18. The van der Waals surface area contributed by atoms with E-state index < -0.39 is 6.16 Å². The number of hydrogen-bond acceptors (Lipinski definition) is 5. The molecule has 0 saturated carbocycles. The molecule has 5 nitrogen and oxygen atoms in total. The molecule has 0 amide bonds. The van der Waals surface area contributed by atoms with Crippen LogP contribution in [0, 0.1) is 0 Å². The molecule has 6 heteroatoms. The van der Waals surface area contributed by atoms with Crippen LogP contribution in [0.5, 0.6) is 16.7 Å². The predicted octanol–water partition coefficient (Wildman–Crippen LogP) is 4.15. The van der Waals surface area contributed by atoms with Gasteiger partial charge in [0.1, 0.15) is 0 Å². The number of thiazole rings is 1. The third-order valence-corrected chi connectivity index (χ3v) is 3.43. The van der Waals surface area contributed by atoms with Crippen LogP contribution in [0.4, 0.5) is 4.79 Å². The van der Waals surface area contributed by atoms with Gasteiger partial charge in [0.15, 0.2) is 11.5 Å². The number of para-hydroxylation sites is 3. The van der Waals surface area contributed by atoms with Gasteiger partial charge in [-0.15, -0.1) is 0 Å². The maximum absolute atomic E-state index is 10.6. The molecule has 20 heavy (non-hydrogen) atoms. The summed E-state index contributed by atoms with van der Waals surface area (Å²) in [7, 11) is 0. The molecule has 0 fully saturated rings. The molecule has 0 spiro atoms. The van der Waals surface area contributed by atoms with Gasteiger partial charge in [0.05, 0.1) is 10.2 Å². The number of nitrogens with zero attached hydrogens (tertiary/aromatic N) is 1. The largest absolute Gasteiger partial charge is 0.511 e. The van der Waals surface area contributed by atoms with Crippen molar-refractivity contribution < 1.29 is 19.4 Å². The lowest BCUT2D eigenvalue weighted by molar-refractivity contribution is 0.143. The molecule has 0 saturated heterocycles. The van der Waals surface area contributed by atoms with Crippen LogP contribution in [0.2, 0.25) is 0 Å². The van der Waals surface area contributed by atoms with Crippen LogP contribution in [0.25, 0.3) is 10.2 Å². The molecule has 3 rings (SSSR count). The van der Waals surface area contributed by atoms with E-state index >= 15 is 0 Å². The summed E-state index contributed by atoms with van der Waals surface area (Å²) in [6.07, 6.45) is -1.38. The second-order valence-corrected chi connectivity index (χ2v) is 4.86. The number of carboxylic acid groups (broad SMARTS) is 1. The van der Waals surface area contributed by atoms with Crippen molar-refractivity contribution in [3.63, 3.8) is 0 Å². The Kier molecular flexibility index (Phi) is 3.22. The molecule has 0 unspecified atom stereocenters. The first kappa shape index (κ1) is 12.4. The van der Waals surface area contributed by atoms with E-state index in [1.807, 2.05) is 24.3 Å². The Morgan fingerprint density at radius 3 is 2.50 bits per heavy atom. The zero-order valence-corrected chi connectivity index (χ0v) is 11.0. The van der Waals surface area contributed by atoms with Gasteiger partial charge in [-0.25, -0.2) is 9.78 Å². The topological polar surface area (TPSA) is 68.7 Å². The number of carbonyl (C=O) groups is 1. The molecular weight excluding hydrogens is 278 g/mol. The first-order valence-corrected chi connectivity index (χ1v) is 6.57. The van der Waals surface area contributed by atoms with Crippen molar-refractivity contribution in [2.45, 2.75) is 0 Å². The minimum atomic E-state index is -1.38. The maximum Gasteiger partial charge on any atom is 0.511 e. The number of aromatic nitrogens is 1. The third-order valence-electron chi connectivity index (χ3n) is 2.52. The minimum Gasteiger partial charge on any atom is -0.449 e. The Morgan fingerprint density at radius 1 is 1.05 bits per heavy atom. The van der Waals surface area contributed by atoms with E-state index in [0.29, 0.717) is 10.9 Å². The molecule has 1 N–H and O–H groups in total. The fourth-order valence-electron chi connectivity index (χ4n) is 1.70. The molecule has 100 valence electrons. The van der Waals surface area contributed by atoms with E-state index in [4.69, 9.17) is 9.84 Å². The number of ether oxygens (including phenoxy) is 2. The van der Waals surface area contributed by atoms with Crippen LogP contribution in [-0.4, -0.2) is 16.2 Å². The lowest BCUT2D eigenvalue weighted by atomic mass is 10.3. The van der Waals surface area contributed by atoms with E-state index in [1.165, 1.54) is 17.4 Å². The number of benzene rings is 2. The maximum atomic E-state index is 10.6. The van der Waals surface area contributed by atoms with Gasteiger partial charge in [0, 0.05) is 0 Å². The van der Waals surface area contributed by atoms with Gasteiger partial charge in [0.25, 0.3) is 5.19 Å². The van der Waals surface area contributed by atoms with Gasteiger partial charge in [-0.2, -0.15) is 0 Å². The highest BCUT2D eigenvalue weighted by Crippen LogP contribution is 2.35. The third kappa shape index (κ3) is 2.55. The highest BCUT2D eigenvalue weighted by molar-refractivity contribution is 7.20. The summed E-state index contributed by atoms with van der Waals surface area (Å²) in [4.78, 5) is 14.9. The quantitative estimate of drug-likeness (QED) is 0.579. The summed E-state index contributed by atoms with van der Waals surface area (Å²) < 4.78 is 11.3. The van der Waals surface area contributed by atoms with Gasteiger partial charge < -0.3 is 14.6 Å². The van der Waals surface area contributed by atoms with Crippen molar-refractivity contribution in [3.05, 3.63) is 48.5 Å². The van der Waals surface area contributed by atoms with Crippen LogP contribution in [0.3, 0.4) is 0 Å². The van der Waals surface area contributed by atoms with E-state index in [1.54, 1.807) is 18.2 Å². The van der Waals surface area contributed by atoms with Gasteiger partial charge >= 0.3 is 6.16 Å². The summed E-state index contributed by atoms with van der Waals surface area (Å²) in [5.74, 6) is 0.452. The van der Waals surface area contributed by atoms with Crippen molar-refractivity contribution in [3.8, 4) is 16.7 Å². The van der Waals surface area contributed by atoms with Crippen LogP contribution >= 0.6 is 11.3 Å². The average molecular weight is 287 g/mol. The molecule has 0 atom stereocenters. The lowest BCUT2D eigenvalue weighted by Gasteiger charge is -2.06. The highest BCUT2D eigenvalue weighted by atomic mass is 32.1. The zero-order chi connectivity index (χ0) is 13.9. The fraction of sp³-hybridized carbons (Fsp3) is 0. The Bertz CT molecular complexity index is 735. The average Bonchev–Trinajstić information content (AvgIpc) is 2.82. The summed E-state index contributed by atoms with van der Waals surface area (Å²) in [5.41, 5.74) is 0.837. The molecule has 0 bridgehead atoms. The number of hydrogen-bond donors (Lipinski definition) is 1. The smallest absolute Gasteiger partial charge is 0.449 e. The lowest BCUT2D eigenvalue weighted by Crippen LogP contribution is -2.03. The monoisotopic (exact) mass is 287 g/mol. The van der Waals surface area contributed by atoms with Crippen LogP contribution in [-0.2, 0) is 0 Å². The van der Waals surface area contributed by atoms with Crippen LogP contribution in [0.1, 0.15) is 0 Å². The van der Waals surface area contributed by atoms with Crippen LogP contribution in [0.15, 0.2) is 48.5 Å². The fourth-order valence-corrected chi connectivity index (χ4v) is 2.53. The Morgan fingerprint density at radius 2 is 1.75 bits per heavy atom. The molecular formula is C14H9NO4S. The molecule has 3 aromatic rings. The van der Waals surface area contributed by atoms with Crippen molar-refractivity contribution >= 4 is 27.7 Å². The highest BCUT2D eigenvalue weighted by Gasteiger charge is 2.11. The normalized spacial score (nSPS) is 10.4. The number of rotatable bonds is 3. The standard InChI is InChI=1S/C14H9NO4S/c16-14(17)19-11-7-3-2-6-10(11)18-13-15-9-5-1-4-8-12(9)20-13/h1-8H,(H,16,17). The van der Waals surface area contributed by atoms with Crippen molar-refractivity contribution in [1.29, 1.82) is 0 Å². The van der Waals surface area contributed by atoms with Crippen molar-refractivity contribution in [2.75, 3.05) is 0 Å². The molecule has 0 aliphatic rings. The van der Waals surface area contributed by atoms with Gasteiger partial charge in [-0.05, 0) is 24.3 Å². The van der Waals surface area contributed by atoms with E-state index in [0.717, 1.165) is 10.2 Å². The van der Waals surface area contributed by atoms with E-state index in [2.05, 4.69) is 9.72 Å². The SMILES string of the molecule is O=C(O)Oc1ccccc1Oc1nc2ccccc2s1. The van der Waals surface area contributed by atoms with Crippen molar-refractivity contribution in [2.24, 2.45) is 0 Å². The van der Waals surface area contributed by atoms with Gasteiger partial charge in [0.2, 0.25) is 0 Å². The molecule has 1 heterocycles. The first-order chi connectivity index (χ1) is 9.72. The Hall–Kier alpha value is -2.60. The Labute approximate surface area is 118 Å². The summed E-state index contributed by atoms with van der Waals surface area (Å²) in [5, 5.41) is 9.12. The van der Waals surface area contributed by atoms with Crippen molar-refractivity contribution in [1.82, 2.24) is 4.98 Å². The molecule has 1 aromatic heterocycles. The zero-order valence-electron chi connectivity index (χ0n) is 10.1. The predicted molar refractivity (Wildman–Crippen MR) is 74.8 cm³/mol. The summed E-state index contributed by atoms with van der Waals surface area (Å²) in [6, 6.07) is 14.2. The number of fused-ring (bicyclic) bond motifs is 1. The second-order valence-electron chi connectivity index (χ2n) is 3.86. The molecule has 2 aromatic carbocycles.